The molecule has 1 N–H and O–H groups in total. The molecule has 6 nitrogen and oxygen atoms in total. The lowest BCUT2D eigenvalue weighted by atomic mass is 9.98. The molecule has 4 aromatic rings. The van der Waals surface area contributed by atoms with Gasteiger partial charge in [0, 0.05) is 18.0 Å². The van der Waals surface area contributed by atoms with Crippen LogP contribution in [0.15, 0.2) is 30.7 Å². The van der Waals surface area contributed by atoms with Gasteiger partial charge in [-0.2, -0.15) is 5.10 Å². The third-order valence-corrected chi connectivity index (χ3v) is 4.95. The number of halogens is 1. The van der Waals surface area contributed by atoms with Crippen molar-refractivity contribution in [2.24, 2.45) is 5.92 Å². The highest BCUT2D eigenvalue weighted by Gasteiger charge is 2.19. The molecule has 5 heterocycles. The lowest BCUT2D eigenvalue weighted by Crippen LogP contribution is -2.43. The number of fused-ring (bicyclic) bond motifs is 2. The molecule has 26 heavy (non-hydrogen) atoms. The van der Waals surface area contributed by atoms with E-state index in [2.05, 4.69) is 20.4 Å². The molecule has 7 heteroatoms. The molecule has 0 atom stereocenters. The average molecular weight is 350 g/mol. The van der Waals surface area contributed by atoms with Crippen LogP contribution in [-0.2, 0) is 6.42 Å². The molecule has 4 aromatic heterocycles. The van der Waals surface area contributed by atoms with Crippen molar-refractivity contribution in [2.45, 2.75) is 20.3 Å². The maximum Gasteiger partial charge on any atom is 0.173 e. The first kappa shape index (κ1) is 15.5. The number of hydrogen-bond donors (Lipinski definition) is 1. The molecule has 0 bridgehead atoms. The Bertz CT molecular complexity index is 1140. The van der Waals surface area contributed by atoms with Gasteiger partial charge in [-0.3, -0.25) is 0 Å². The molecule has 0 radical (unpaired) electrons. The van der Waals surface area contributed by atoms with Gasteiger partial charge < -0.3 is 9.72 Å². The molecule has 1 saturated heterocycles. The minimum Gasteiger partial charge on any atom is -0.316 e. The Morgan fingerprint density at radius 3 is 2.73 bits per heavy atom. The summed E-state index contributed by atoms with van der Waals surface area (Å²) in [5, 5.41) is 7.85. The van der Waals surface area contributed by atoms with Crippen LogP contribution >= 0.6 is 0 Å². The molecule has 1 fully saturated rings. The van der Waals surface area contributed by atoms with Crippen LogP contribution in [-0.4, -0.2) is 37.1 Å². The molecule has 0 unspecified atom stereocenters. The predicted molar refractivity (Wildman–Crippen MR) is 96.7 cm³/mol. The summed E-state index contributed by atoms with van der Waals surface area (Å²) in [6, 6.07) is 3.45. The van der Waals surface area contributed by atoms with E-state index in [0.29, 0.717) is 17.3 Å². The van der Waals surface area contributed by atoms with Gasteiger partial charge in [-0.15, -0.1) is 0 Å². The number of rotatable bonds is 3. The SMILES string of the molecule is Cc1cn2nc(-c3cc(F)c4nc(CC5CNC5)cn4c3)cc(C)c2n1. The second-order valence-corrected chi connectivity index (χ2v) is 7.13. The summed E-state index contributed by atoms with van der Waals surface area (Å²) >= 11 is 0. The predicted octanol–water partition coefficient (Wildman–Crippen LogP) is 2.56. The van der Waals surface area contributed by atoms with Gasteiger partial charge in [0.25, 0.3) is 0 Å². The van der Waals surface area contributed by atoms with Crippen LogP contribution in [0, 0.1) is 25.6 Å². The van der Waals surface area contributed by atoms with Crippen LogP contribution in [0.25, 0.3) is 22.6 Å². The van der Waals surface area contributed by atoms with Crippen molar-refractivity contribution in [2.75, 3.05) is 13.1 Å². The molecule has 5 rings (SSSR count). The molecule has 0 aromatic carbocycles. The third kappa shape index (κ3) is 2.47. The van der Waals surface area contributed by atoms with Crippen molar-refractivity contribution in [1.29, 1.82) is 0 Å². The number of nitrogens with one attached hydrogen (secondary N) is 1. The largest absolute Gasteiger partial charge is 0.316 e. The van der Waals surface area contributed by atoms with Gasteiger partial charge in [-0.1, -0.05) is 0 Å². The smallest absolute Gasteiger partial charge is 0.173 e. The van der Waals surface area contributed by atoms with E-state index in [1.54, 1.807) is 8.92 Å². The number of aryl methyl sites for hydroxylation is 2. The minimum atomic E-state index is -0.332. The van der Waals surface area contributed by atoms with Crippen molar-refractivity contribution in [3.05, 3.63) is 53.5 Å². The fourth-order valence-electron chi connectivity index (χ4n) is 3.52. The fourth-order valence-corrected chi connectivity index (χ4v) is 3.52. The first-order chi connectivity index (χ1) is 12.6. The number of nitrogens with zero attached hydrogens (tertiary/aromatic N) is 5. The van der Waals surface area contributed by atoms with E-state index in [0.717, 1.165) is 47.7 Å². The van der Waals surface area contributed by atoms with Crippen LogP contribution in [0.1, 0.15) is 17.0 Å². The zero-order valence-electron chi connectivity index (χ0n) is 14.7. The molecular weight excluding hydrogens is 331 g/mol. The lowest BCUT2D eigenvalue weighted by molar-refractivity contribution is 0.344. The summed E-state index contributed by atoms with van der Waals surface area (Å²) in [5.74, 6) is 0.264. The van der Waals surface area contributed by atoms with E-state index in [9.17, 15) is 4.39 Å². The number of aromatic nitrogens is 5. The summed E-state index contributed by atoms with van der Waals surface area (Å²) < 4.78 is 18.2. The van der Waals surface area contributed by atoms with Gasteiger partial charge in [-0.25, -0.2) is 18.9 Å². The molecule has 1 aliphatic rings. The number of pyridine rings is 1. The summed E-state index contributed by atoms with van der Waals surface area (Å²) in [4.78, 5) is 8.93. The Balaban J connectivity index is 1.60. The van der Waals surface area contributed by atoms with Crippen molar-refractivity contribution >= 4 is 11.3 Å². The van der Waals surface area contributed by atoms with Gasteiger partial charge in [-0.05, 0) is 57.0 Å². The highest BCUT2D eigenvalue weighted by molar-refractivity contribution is 5.64. The summed E-state index contributed by atoms with van der Waals surface area (Å²) in [6.45, 7) is 5.94. The highest BCUT2D eigenvalue weighted by Crippen LogP contribution is 2.24. The fraction of sp³-hybridized carbons (Fsp3) is 0.316. The Hall–Kier alpha value is -2.80. The molecular formula is C19H19FN6. The Kier molecular flexibility index (Phi) is 3.33. The van der Waals surface area contributed by atoms with E-state index in [-0.39, 0.29) is 5.82 Å². The van der Waals surface area contributed by atoms with Crippen LogP contribution < -0.4 is 5.32 Å². The van der Waals surface area contributed by atoms with Gasteiger partial charge >= 0.3 is 0 Å². The molecule has 1 aliphatic heterocycles. The molecule has 0 amide bonds. The van der Waals surface area contributed by atoms with Crippen molar-refractivity contribution in [1.82, 2.24) is 29.3 Å². The molecule has 0 saturated carbocycles. The Labute approximate surface area is 149 Å². The normalized spacial score (nSPS) is 15.0. The van der Waals surface area contributed by atoms with Crippen molar-refractivity contribution < 1.29 is 4.39 Å². The number of hydrogen-bond acceptors (Lipinski definition) is 4. The highest BCUT2D eigenvalue weighted by atomic mass is 19.1. The van der Waals surface area contributed by atoms with E-state index < -0.39 is 0 Å². The average Bonchev–Trinajstić information content (AvgIpc) is 3.14. The molecule has 0 aliphatic carbocycles. The van der Waals surface area contributed by atoms with Crippen LogP contribution in [0.3, 0.4) is 0 Å². The van der Waals surface area contributed by atoms with Gasteiger partial charge in [0.05, 0.1) is 23.3 Å². The van der Waals surface area contributed by atoms with Gasteiger partial charge in [0.15, 0.2) is 17.1 Å². The second-order valence-electron chi connectivity index (χ2n) is 7.13. The zero-order valence-corrected chi connectivity index (χ0v) is 14.7. The van der Waals surface area contributed by atoms with E-state index in [4.69, 9.17) is 0 Å². The van der Waals surface area contributed by atoms with Crippen LogP contribution in [0.5, 0.6) is 0 Å². The van der Waals surface area contributed by atoms with Gasteiger partial charge in [0.1, 0.15) is 0 Å². The lowest BCUT2D eigenvalue weighted by Gasteiger charge is -2.25. The quantitative estimate of drug-likeness (QED) is 0.617. The standard InChI is InChI=1S/C19H19FN6/c1-11-3-17(24-26-8-12(2)22-18(11)26)14-5-16(20)19-23-15(10-25(19)9-14)4-13-6-21-7-13/h3,5,8-10,13,21H,4,6-7H2,1-2H3. The van der Waals surface area contributed by atoms with E-state index in [1.807, 2.05) is 38.5 Å². The summed E-state index contributed by atoms with van der Waals surface area (Å²) in [6.07, 6.45) is 6.57. The first-order valence-corrected chi connectivity index (χ1v) is 8.78. The second kappa shape index (κ2) is 5.60. The minimum absolute atomic E-state index is 0.332. The topological polar surface area (TPSA) is 59.5 Å². The maximum absolute atomic E-state index is 14.7. The van der Waals surface area contributed by atoms with Crippen molar-refractivity contribution in [3.63, 3.8) is 0 Å². The van der Waals surface area contributed by atoms with Crippen LogP contribution in [0.4, 0.5) is 4.39 Å². The summed E-state index contributed by atoms with van der Waals surface area (Å²) in [7, 11) is 0. The Morgan fingerprint density at radius 2 is 1.96 bits per heavy atom. The maximum atomic E-state index is 14.7. The first-order valence-electron chi connectivity index (χ1n) is 8.78. The molecule has 0 spiro atoms. The molecule has 132 valence electrons. The third-order valence-electron chi connectivity index (χ3n) is 4.95. The zero-order chi connectivity index (χ0) is 17.8. The van der Waals surface area contributed by atoms with Crippen molar-refractivity contribution in [3.8, 4) is 11.3 Å². The van der Waals surface area contributed by atoms with Crippen LogP contribution in [0.2, 0.25) is 0 Å². The number of imidazole rings is 2. The van der Waals surface area contributed by atoms with E-state index in [1.165, 1.54) is 6.07 Å². The van der Waals surface area contributed by atoms with E-state index >= 15 is 0 Å². The Morgan fingerprint density at radius 1 is 1.12 bits per heavy atom. The van der Waals surface area contributed by atoms with Gasteiger partial charge in [0.2, 0.25) is 0 Å². The monoisotopic (exact) mass is 350 g/mol. The summed E-state index contributed by atoms with van der Waals surface area (Å²) in [5.41, 5.74) is 5.47.